The molecule has 0 rings (SSSR count). The molecule has 0 amide bonds. The quantitative estimate of drug-likeness (QED) is 0.387. The van der Waals surface area contributed by atoms with Crippen LogP contribution in [-0.2, 0) is 30.6 Å². The Bertz CT molecular complexity index is 27.0. The standard InChI is InChI=1S/O2Si.Ti/c1-3-2;. The van der Waals surface area contributed by atoms with Crippen LogP contribution in [0.2, 0.25) is 0 Å². The number of hydrogen-bond acceptors (Lipinski definition) is 2. The van der Waals surface area contributed by atoms with E-state index in [1.807, 2.05) is 0 Å². The summed E-state index contributed by atoms with van der Waals surface area (Å²) in [5, 5.41) is 0. The Hall–Kier alpha value is 0.531. The van der Waals surface area contributed by atoms with Crippen LogP contribution in [0.3, 0.4) is 0 Å². The predicted octanol–water partition coefficient (Wildman–Crippen LogP) is -0.621. The molecule has 0 aliphatic carbocycles. The second-order valence-corrected chi connectivity index (χ2v) is 0.250. The van der Waals surface area contributed by atoms with Gasteiger partial charge in [0, 0.05) is 21.7 Å². The van der Waals surface area contributed by atoms with E-state index in [1.165, 1.54) is 0 Å². The van der Waals surface area contributed by atoms with E-state index >= 15 is 0 Å². The van der Waals surface area contributed by atoms with Crippen molar-refractivity contribution in [3.05, 3.63) is 0 Å². The molecule has 0 aliphatic rings. The van der Waals surface area contributed by atoms with Gasteiger partial charge in [0.05, 0.1) is 0 Å². The van der Waals surface area contributed by atoms with E-state index in [0.717, 1.165) is 0 Å². The minimum Gasteiger partial charge on any atom is -0.274 e. The predicted molar refractivity (Wildman–Crippen MR) is 7.13 cm³/mol. The zero-order valence-electron chi connectivity index (χ0n) is 1.82. The van der Waals surface area contributed by atoms with Gasteiger partial charge in [-0.15, -0.1) is 0 Å². The Morgan fingerprint density at radius 2 is 1.25 bits per heavy atom. The molecule has 4 heavy (non-hydrogen) atoms. The van der Waals surface area contributed by atoms with Crippen LogP contribution in [0.5, 0.6) is 0 Å². The first-order valence-electron chi connectivity index (χ1n) is 0.408. The first-order chi connectivity index (χ1) is 1.41. The fraction of sp³-hybridized carbons (Fsp3) is 0. The molecule has 0 unspecified atom stereocenters. The molecule has 0 aromatic rings. The third-order valence-electron chi connectivity index (χ3n) is 0. The molecule has 2 nitrogen and oxygen atoms in total. The summed E-state index contributed by atoms with van der Waals surface area (Å²) in [7, 11) is -1.42. The largest absolute Gasteiger partial charge is 0.549 e. The van der Waals surface area contributed by atoms with Gasteiger partial charge in [-0.3, -0.25) is 8.92 Å². The fourth-order valence-electron chi connectivity index (χ4n) is 0. The molecule has 0 aliphatic heterocycles. The Labute approximate surface area is 40.4 Å². The monoisotopic (exact) mass is 108 g/mol. The van der Waals surface area contributed by atoms with Gasteiger partial charge in [-0.2, -0.15) is 0 Å². The van der Waals surface area contributed by atoms with Crippen molar-refractivity contribution in [2.24, 2.45) is 0 Å². The Morgan fingerprint density at radius 3 is 1.25 bits per heavy atom. The summed E-state index contributed by atoms with van der Waals surface area (Å²) in [6.45, 7) is 0. The summed E-state index contributed by atoms with van der Waals surface area (Å²) in [5.74, 6) is 0. The molecule has 4 heteroatoms. The van der Waals surface area contributed by atoms with Crippen LogP contribution >= 0.6 is 0 Å². The van der Waals surface area contributed by atoms with E-state index < -0.39 is 9.29 Å². The van der Waals surface area contributed by atoms with Crippen molar-refractivity contribution >= 4 is 9.29 Å². The van der Waals surface area contributed by atoms with Crippen molar-refractivity contribution < 1.29 is 30.6 Å². The summed E-state index contributed by atoms with van der Waals surface area (Å²) in [4.78, 5) is 0. The molecule has 0 aromatic heterocycles. The van der Waals surface area contributed by atoms with Gasteiger partial charge in [-0.05, 0) is 0 Å². The normalized spacial score (nSPS) is 2.00. The molecule has 0 fully saturated rings. The molecule has 0 atom stereocenters. The van der Waals surface area contributed by atoms with Gasteiger partial charge in [-0.1, -0.05) is 0 Å². The van der Waals surface area contributed by atoms with Gasteiger partial charge < -0.3 is 0 Å². The maximum atomic E-state index is 8.40. The Kier molecular flexibility index (Phi) is 21.3. The molecule has 0 spiro atoms. The van der Waals surface area contributed by atoms with Crippen LogP contribution in [0.4, 0.5) is 0 Å². The topological polar surface area (TPSA) is 34.1 Å². The average molecular weight is 108 g/mol. The molecular formula is O2SiTi. The second kappa shape index (κ2) is 9.65. The third-order valence-corrected chi connectivity index (χ3v) is 0. The van der Waals surface area contributed by atoms with Crippen molar-refractivity contribution in [2.75, 3.05) is 0 Å². The molecule has 0 N–H and O–H groups in total. The van der Waals surface area contributed by atoms with Gasteiger partial charge in [-0.25, -0.2) is 0 Å². The molecule has 0 saturated carbocycles. The first-order valence-corrected chi connectivity index (χ1v) is 1.22. The van der Waals surface area contributed by atoms with Gasteiger partial charge in [0.2, 0.25) is 0 Å². The van der Waals surface area contributed by atoms with Gasteiger partial charge in [0.1, 0.15) is 0 Å². The summed E-state index contributed by atoms with van der Waals surface area (Å²) in [6.07, 6.45) is 0. The van der Waals surface area contributed by atoms with E-state index in [9.17, 15) is 0 Å². The fourth-order valence-corrected chi connectivity index (χ4v) is 0. The van der Waals surface area contributed by atoms with Gasteiger partial charge >= 0.3 is 9.29 Å². The van der Waals surface area contributed by atoms with E-state index in [4.69, 9.17) is 8.92 Å². The van der Waals surface area contributed by atoms with Crippen LogP contribution in [0.25, 0.3) is 0 Å². The Balaban J connectivity index is 0. The van der Waals surface area contributed by atoms with E-state index in [2.05, 4.69) is 0 Å². The molecule has 0 bridgehead atoms. The van der Waals surface area contributed by atoms with Crippen molar-refractivity contribution in [3.8, 4) is 0 Å². The molecule has 0 heterocycles. The summed E-state index contributed by atoms with van der Waals surface area (Å²) in [5.41, 5.74) is 0. The van der Waals surface area contributed by atoms with Crippen molar-refractivity contribution in [3.63, 3.8) is 0 Å². The SMILES string of the molecule is O=[Si]=O.[Ti]. The molecule has 0 radical (unpaired) electrons. The van der Waals surface area contributed by atoms with Crippen LogP contribution in [0.15, 0.2) is 0 Å². The van der Waals surface area contributed by atoms with E-state index in [0.29, 0.717) is 0 Å². The molecule has 20 valence electrons. The van der Waals surface area contributed by atoms with Crippen LogP contribution in [0.1, 0.15) is 0 Å². The third kappa shape index (κ3) is 21.0. The zero-order valence-corrected chi connectivity index (χ0v) is 4.38. The number of hydrogen-bond donors (Lipinski definition) is 0. The van der Waals surface area contributed by atoms with Crippen LogP contribution in [-0.4, -0.2) is 9.29 Å². The van der Waals surface area contributed by atoms with Crippen molar-refractivity contribution in [2.45, 2.75) is 0 Å². The summed E-state index contributed by atoms with van der Waals surface area (Å²) >= 11 is 0. The molecule has 0 saturated heterocycles. The maximum Gasteiger partial charge on any atom is 0.549 e. The van der Waals surface area contributed by atoms with Crippen molar-refractivity contribution in [1.29, 1.82) is 0 Å². The minimum absolute atomic E-state index is 0. The Morgan fingerprint density at radius 1 is 1.25 bits per heavy atom. The molecule has 0 aromatic carbocycles. The molecular weight excluding hydrogens is 108 g/mol. The first kappa shape index (κ1) is 8.82. The average Bonchev–Trinajstić information content (AvgIpc) is 0.918. The zero-order chi connectivity index (χ0) is 2.71. The summed E-state index contributed by atoms with van der Waals surface area (Å²) in [6, 6.07) is 0. The van der Waals surface area contributed by atoms with E-state index in [-0.39, 0.29) is 21.7 Å². The number of rotatable bonds is 0. The van der Waals surface area contributed by atoms with Crippen LogP contribution < -0.4 is 0 Å². The van der Waals surface area contributed by atoms with Gasteiger partial charge in [0.25, 0.3) is 0 Å². The smallest absolute Gasteiger partial charge is 0.274 e. The summed E-state index contributed by atoms with van der Waals surface area (Å²) < 4.78 is 16.8. The second-order valence-electron chi connectivity index (χ2n) is 0.0833. The van der Waals surface area contributed by atoms with Crippen molar-refractivity contribution in [1.82, 2.24) is 0 Å². The van der Waals surface area contributed by atoms with Gasteiger partial charge in [0.15, 0.2) is 0 Å². The maximum absolute atomic E-state index is 8.40. The van der Waals surface area contributed by atoms with Crippen LogP contribution in [0, 0.1) is 0 Å². The van der Waals surface area contributed by atoms with E-state index in [1.54, 1.807) is 0 Å². The minimum atomic E-state index is -1.42.